The number of carbonyl (C=O) groups is 1. The van der Waals surface area contributed by atoms with Crippen molar-refractivity contribution in [2.45, 2.75) is 0 Å². The normalized spacial score (nSPS) is 9.93. The zero-order valence-corrected chi connectivity index (χ0v) is 8.79. The first-order valence-electron chi connectivity index (χ1n) is 3.82. The summed E-state index contributed by atoms with van der Waals surface area (Å²) >= 11 is 6.63. The summed E-state index contributed by atoms with van der Waals surface area (Å²) in [6.07, 6.45) is 2.64. The molecule has 0 fully saturated rings. The van der Waals surface area contributed by atoms with E-state index in [9.17, 15) is 4.79 Å². The summed E-state index contributed by atoms with van der Waals surface area (Å²) in [6.45, 7) is 0. The summed E-state index contributed by atoms with van der Waals surface area (Å²) in [5.74, 6) is 0.0215. The second-order valence-electron chi connectivity index (χ2n) is 2.46. The van der Waals surface area contributed by atoms with Crippen molar-refractivity contribution in [2.24, 2.45) is 0 Å². The van der Waals surface area contributed by atoms with Crippen LogP contribution >= 0.6 is 23.1 Å². The highest BCUT2D eigenvalue weighted by atomic mass is 35.5. The zero-order valence-electron chi connectivity index (χ0n) is 7.22. The lowest BCUT2D eigenvalue weighted by Gasteiger charge is -2.00. The van der Waals surface area contributed by atoms with Gasteiger partial charge in [-0.15, -0.1) is 5.10 Å². The van der Waals surface area contributed by atoms with Crippen molar-refractivity contribution >= 4 is 34.9 Å². The lowest BCUT2D eigenvalue weighted by Crippen LogP contribution is -2.11. The number of anilines is 1. The Bertz CT molecular complexity index is 474. The largest absolute Gasteiger partial charge is 0.306 e. The average Bonchev–Trinajstić information content (AvgIpc) is 2.70. The van der Waals surface area contributed by atoms with Gasteiger partial charge in [0, 0.05) is 6.07 Å². The predicted octanol–water partition coefficient (Wildman–Crippen LogP) is 1.23. The maximum absolute atomic E-state index is 11.5. The van der Waals surface area contributed by atoms with Crippen molar-refractivity contribution in [3.63, 3.8) is 0 Å². The molecular formula is C7H4ClN5OS. The molecule has 1 N–H and O–H groups in total. The SMILES string of the molecule is O=C(Nc1cc(Cl)ncn1)c1cnns1. The van der Waals surface area contributed by atoms with E-state index in [2.05, 4.69) is 24.9 Å². The Morgan fingerprint density at radius 3 is 3.00 bits per heavy atom. The first kappa shape index (κ1) is 9.94. The average molecular weight is 242 g/mol. The van der Waals surface area contributed by atoms with Gasteiger partial charge in [-0.05, 0) is 11.5 Å². The third-order valence-electron chi connectivity index (χ3n) is 1.46. The fourth-order valence-corrected chi connectivity index (χ4v) is 1.40. The molecule has 0 aliphatic heterocycles. The van der Waals surface area contributed by atoms with Crippen LogP contribution < -0.4 is 5.32 Å². The monoisotopic (exact) mass is 241 g/mol. The Balaban J connectivity index is 2.13. The molecule has 0 aliphatic rings. The second-order valence-corrected chi connectivity index (χ2v) is 3.63. The molecule has 2 aromatic heterocycles. The first-order chi connectivity index (χ1) is 7.25. The summed E-state index contributed by atoms with van der Waals surface area (Å²) in [6, 6.07) is 1.45. The molecule has 0 saturated carbocycles. The van der Waals surface area contributed by atoms with E-state index in [4.69, 9.17) is 11.6 Å². The van der Waals surface area contributed by atoms with Gasteiger partial charge in [-0.2, -0.15) is 0 Å². The fraction of sp³-hybridized carbons (Fsp3) is 0. The maximum atomic E-state index is 11.5. The van der Waals surface area contributed by atoms with Gasteiger partial charge >= 0.3 is 0 Å². The molecule has 2 heterocycles. The van der Waals surface area contributed by atoms with Gasteiger partial charge in [0.2, 0.25) is 0 Å². The van der Waals surface area contributed by atoms with Crippen molar-refractivity contribution in [2.75, 3.05) is 5.32 Å². The number of nitrogens with one attached hydrogen (secondary N) is 1. The quantitative estimate of drug-likeness (QED) is 0.800. The topological polar surface area (TPSA) is 80.7 Å². The van der Waals surface area contributed by atoms with Crippen LogP contribution in [0.3, 0.4) is 0 Å². The van der Waals surface area contributed by atoms with E-state index in [0.29, 0.717) is 10.7 Å². The van der Waals surface area contributed by atoms with Gasteiger partial charge in [-0.1, -0.05) is 16.1 Å². The summed E-state index contributed by atoms with van der Waals surface area (Å²) in [4.78, 5) is 19.4. The van der Waals surface area contributed by atoms with Crippen molar-refractivity contribution in [3.05, 3.63) is 28.6 Å². The molecule has 0 saturated heterocycles. The third kappa shape index (κ3) is 2.45. The van der Waals surface area contributed by atoms with Crippen LogP contribution in [0.2, 0.25) is 5.15 Å². The van der Waals surface area contributed by atoms with Crippen molar-refractivity contribution in [3.8, 4) is 0 Å². The summed E-state index contributed by atoms with van der Waals surface area (Å²) in [5, 5.41) is 6.36. The van der Waals surface area contributed by atoms with Crippen molar-refractivity contribution in [1.29, 1.82) is 0 Å². The molecular weight excluding hydrogens is 238 g/mol. The highest BCUT2D eigenvalue weighted by Gasteiger charge is 2.09. The van der Waals surface area contributed by atoms with E-state index in [-0.39, 0.29) is 11.1 Å². The first-order valence-corrected chi connectivity index (χ1v) is 4.97. The molecule has 76 valence electrons. The van der Waals surface area contributed by atoms with Gasteiger partial charge in [0.05, 0.1) is 6.20 Å². The van der Waals surface area contributed by atoms with Gasteiger partial charge in [-0.25, -0.2) is 9.97 Å². The molecule has 0 bridgehead atoms. The van der Waals surface area contributed by atoms with E-state index in [1.54, 1.807) is 0 Å². The van der Waals surface area contributed by atoms with Crippen molar-refractivity contribution < 1.29 is 4.79 Å². The lowest BCUT2D eigenvalue weighted by molar-refractivity contribution is 0.103. The van der Waals surface area contributed by atoms with Gasteiger partial charge in [-0.3, -0.25) is 4.79 Å². The molecule has 0 spiro atoms. The Morgan fingerprint density at radius 2 is 2.33 bits per heavy atom. The molecule has 6 nitrogen and oxygen atoms in total. The van der Waals surface area contributed by atoms with E-state index in [0.717, 1.165) is 11.5 Å². The summed E-state index contributed by atoms with van der Waals surface area (Å²) in [5.41, 5.74) is 0. The predicted molar refractivity (Wildman–Crippen MR) is 54.9 cm³/mol. The number of rotatable bonds is 2. The Hall–Kier alpha value is -1.60. The van der Waals surface area contributed by atoms with Crippen LogP contribution in [-0.2, 0) is 0 Å². The van der Waals surface area contributed by atoms with Crippen LogP contribution in [0.4, 0.5) is 5.82 Å². The highest BCUT2D eigenvalue weighted by molar-refractivity contribution is 7.07. The number of aromatic nitrogens is 4. The number of nitrogens with zero attached hydrogens (tertiary/aromatic N) is 4. The number of halogens is 1. The third-order valence-corrected chi connectivity index (χ3v) is 2.33. The van der Waals surface area contributed by atoms with Crippen LogP contribution in [0.15, 0.2) is 18.6 Å². The highest BCUT2D eigenvalue weighted by Crippen LogP contribution is 2.11. The molecule has 0 radical (unpaired) electrons. The van der Waals surface area contributed by atoms with Gasteiger partial charge < -0.3 is 5.32 Å². The molecule has 1 amide bonds. The van der Waals surface area contributed by atoms with Crippen LogP contribution in [0.5, 0.6) is 0 Å². The van der Waals surface area contributed by atoms with Crippen LogP contribution in [0.25, 0.3) is 0 Å². The number of hydrogen-bond donors (Lipinski definition) is 1. The van der Waals surface area contributed by atoms with Crippen LogP contribution in [0, 0.1) is 0 Å². The molecule has 15 heavy (non-hydrogen) atoms. The Kier molecular flexibility index (Phi) is 2.84. The lowest BCUT2D eigenvalue weighted by atomic mass is 10.5. The summed E-state index contributed by atoms with van der Waals surface area (Å²) < 4.78 is 3.57. The molecule has 0 unspecified atom stereocenters. The van der Waals surface area contributed by atoms with E-state index in [1.807, 2.05) is 0 Å². The molecule has 0 aromatic carbocycles. The summed E-state index contributed by atoms with van der Waals surface area (Å²) in [7, 11) is 0. The maximum Gasteiger partial charge on any atom is 0.270 e. The minimum absolute atomic E-state index is 0.266. The van der Waals surface area contributed by atoms with Crippen LogP contribution in [0.1, 0.15) is 9.67 Å². The van der Waals surface area contributed by atoms with E-state index < -0.39 is 0 Å². The molecule has 2 rings (SSSR count). The van der Waals surface area contributed by atoms with Gasteiger partial charge in [0.1, 0.15) is 22.2 Å². The van der Waals surface area contributed by atoms with E-state index >= 15 is 0 Å². The molecule has 0 atom stereocenters. The van der Waals surface area contributed by atoms with Gasteiger partial charge in [0.15, 0.2) is 0 Å². The molecule has 8 heteroatoms. The van der Waals surface area contributed by atoms with E-state index in [1.165, 1.54) is 18.6 Å². The fourth-order valence-electron chi connectivity index (χ4n) is 0.847. The van der Waals surface area contributed by atoms with Crippen LogP contribution in [-0.4, -0.2) is 25.5 Å². The molecule has 2 aromatic rings. The van der Waals surface area contributed by atoms with Crippen molar-refractivity contribution in [1.82, 2.24) is 19.6 Å². The number of carbonyl (C=O) groups excluding carboxylic acids is 1. The Labute approximate surface area is 93.5 Å². The number of hydrogen-bond acceptors (Lipinski definition) is 6. The molecule has 0 aliphatic carbocycles. The van der Waals surface area contributed by atoms with Gasteiger partial charge in [0.25, 0.3) is 5.91 Å². The Morgan fingerprint density at radius 1 is 1.47 bits per heavy atom. The standard InChI is InChI=1S/C7H4ClN5OS/c8-5-1-6(10-3-9-5)12-7(14)4-2-11-13-15-4/h1-3H,(H,9,10,12,14). The smallest absolute Gasteiger partial charge is 0.270 e. The zero-order chi connectivity index (χ0) is 10.7. The number of amides is 1. The minimum Gasteiger partial charge on any atom is -0.306 e. The second kappa shape index (κ2) is 4.28. The minimum atomic E-state index is -0.320.